The molecule has 0 aliphatic heterocycles. The average Bonchev–Trinajstić information content (AvgIpc) is 1.85. The van der Waals surface area contributed by atoms with Gasteiger partial charge in [0.05, 0.1) is 19.6 Å². The van der Waals surface area contributed by atoms with Crippen LogP contribution in [-0.2, 0) is 20.7 Å². The Morgan fingerprint density at radius 1 is 1.55 bits per heavy atom. The maximum absolute atomic E-state index is 10.2. The minimum absolute atomic E-state index is 0.347. The van der Waals surface area contributed by atoms with Gasteiger partial charge in [-0.15, -0.1) is 0 Å². The van der Waals surface area contributed by atoms with Gasteiger partial charge in [0.2, 0.25) is 0 Å². The first-order chi connectivity index (χ1) is 4.91. The molecule has 4 heteroatoms. The van der Waals surface area contributed by atoms with E-state index in [2.05, 4.69) is 11.3 Å². The summed E-state index contributed by atoms with van der Waals surface area (Å²) in [7, 11) is 1.33. The molecule has 0 atom stereocenters. The van der Waals surface area contributed by atoms with Crippen LogP contribution in [0.25, 0.3) is 0 Å². The first-order valence-electron chi connectivity index (χ1n) is 2.90. The molecule has 11 heavy (non-hydrogen) atoms. The topological polar surface area (TPSA) is 49.4 Å². The third-order valence-electron chi connectivity index (χ3n) is 0.534. The maximum Gasteiger partial charge on any atom is 0.332 e. The summed E-state index contributed by atoms with van der Waals surface area (Å²) in [6.45, 7) is 4.95. The molecule has 0 unspecified atom stereocenters. The highest BCUT2D eigenvalue weighted by molar-refractivity contribution is 7.89. The quantitative estimate of drug-likeness (QED) is 0.338. The zero-order valence-corrected chi connectivity index (χ0v) is 8.16. The summed E-state index contributed by atoms with van der Waals surface area (Å²) in [5, 5.41) is 0. The van der Waals surface area contributed by atoms with Crippen LogP contribution in [0.5, 0.6) is 0 Å². The number of carbonyl (C=O) groups excluding carboxylic acids is 1. The largest absolute Gasteiger partial charge is 0.617 e. The molecule has 0 radical (unpaired) electrons. The lowest BCUT2D eigenvalue weighted by Gasteiger charge is -1.91. The molecule has 0 saturated heterocycles. The van der Waals surface area contributed by atoms with Crippen molar-refractivity contribution in [3.63, 3.8) is 0 Å². The van der Waals surface area contributed by atoms with Gasteiger partial charge >= 0.3 is 5.97 Å². The van der Waals surface area contributed by atoms with Crippen molar-refractivity contribution in [2.45, 2.75) is 6.92 Å². The summed E-state index contributed by atoms with van der Waals surface area (Å²) in [5.41, 5.74) is 0.433. The molecular formula is C7H14O3S. The molecule has 0 N–H and O–H groups in total. The number of rotatable bonds is 1. The van der Waals surface area contributed by atoms with E-state index in [-0.39, 0.29) is 5.97 Å². The monoisotopic (exact) mass is 178 g/mol. The van der Waals surface area contributed by atoms with Gasteiger partial charge in [0.25, 0.3) is 0 Å². The van der Waals surface area contributed by atoms with Crippen molar-refractivity contribution < 1.29 is 14.1 Å². The molecule has 0 rings (SSSR count). The third kappa shape index (κ3) is 17.7. The Morgan fingerprint density at radius 2 is 1.82 bits per heavy atom. The van der Waals surface area contributed by atoms with Gasteiger partial charge in [-0.25, -0.2) is 4.79 Å². The second kappa shape index (κ2) is 7.63. The third-order valence-corrected chi connectivity index (χ3v) is 0.534. The van der Waals surface area contributed by atoms with Gasteiger partial charge in [-0.1, -0.05) is 17.8 Å². The van der Waals surface area contributed by atoms with Crippen LogP contribution in [0.2, 0.25) is 0 Å². The smallest absolute Gasteiger partial charge is 0.332 e. The molecule has 0 fully saturated rings. The first-order valence-corrected chi connectivity index (χ1v) is 4.87. The van der Waals surface area contributed by atoms with E-state index in [1.807, 2.05) is 0 Å². The summed E-state index contributed by atoms with van der Waals surface area (Å²) < 4.78 is 13.8. The summed E-state index contributed by atoms with van der Waals surface area (Å²) >= 11 is -0.611. The van der Waals surface area contributed by atoms with Gasteiger partial charge in [0, 0.05) is 5.57 Å². The van der Waals surface area contributed by atoms with Crippen LogP contribution in [0.15, 0.2) is 12.2 Å². The Morgan fingerprint density at radius 3 is 1.82 bits per heavy atom. The van der Waals surface area contributed by atoms with Gasteiger partial charge in [-0.2, -0.15) is 0 Å². The zero-order valence-electron chi connectivity index (χ0n) is 7.34. The lowest BCUT2D eigenvalue weighted by Crippen LogP contribution is -1.98. The van der Waals surface area contributed by atoms with Crippen LogP contribution in [0.4, 0.5) is 0 Å². The molecular weight excluding hydrogens is 164 g/mol. The van der Waals surface area contributed by atoms with E-state index in [0.29, 0.717) is 5.57 Å². The number of carbonyl (C=O) groups is 1. The fourth-order valence-electron chi connectivity index (χ4n) is 0.174. The molecule has 0 amide bonds. The van der Waals surface area contributed by atoms with E-state index in [9.17, 15) is 9.35 Å². The minimum Gasteiger partial charge on any atom is -0.617 e. The Labute approximate surface area is 70.6 Å². The average molecular weight is 178 g/mol. The lowest BCUT2D eigenvalue weighted by molar-refractivity contribution is -0.136. The first kappa shape index (κ1) is 13.1. The van der Waals surface area contributed by atoms with E-state index < -0.39 is 11.2 Å². The highest BCUT2D eigenvalue weighted by Crippen LogP contribution is 1.87. The Hall–Kier alpha value is -0.480. The Balaban J connectivity index is 0. The van der Waals surface area contributed by atoms with E-state index >= 15 is 0 Å². The molecule has 3 nitrogen and oxygen atoms in total. The van der Waals surface area contributed by atoms with E-state index in [1.54, 1.807) is 19.4 Å². The fraction of sp³-hybridized carbons (Fsp3) is 0.571. The van der Waals surface area contributed by atoms with Crippen LogP contribution in [-0.4, -0.2) is 30.1 Å². The molecule has 0 bridgehead atoms. The van der Waals surface area contributed by atoms with E-state index in [0.717, 1.165) is 0 Å². The van der Waals surface area contributed by atoms with Crippen molar-refractivity contribution in [3.8, 4) is 0 Å². The highest BCUT2D eigenvalue weighted by atomic mass is 32.2. The van der Waals surface area contributed by atoms with E-state index in [4.69, 9.17) is 0 Å². The van der Waals surface area contributed by atoms with Gasteiger partial charge in [0.15, 0.2) is 0 Å². The number of hydrogen-bond donors (Lipinski definition) is 0. The normalized spacial score (nSPS) is 8.18. The lowest BCUT2D eigenvalue weighted by atomic mass is 10.4. The Kier molecular flexibility index (Phi) is 9.10. The molecule has 0 aromatic carbocycles. The molecule has 66 valence electrons. The van der Waals surface area contributed by atoms with Gasteiger partial charge < -0.3 is 9.29 Å². The van der Waals surface area contributed by atoms with Crippen LogP contribution in [0, 0.1) is 0 Å². The molecule has 0 aliphatic carbocycles. The number of hydrogen-bond acceptors (Lipinski definition) is 3. The molecule has 0 aromatic heterocycles. The second-order valence-electron chi connectivity index (χ2n) is 2.01. The van der Waals surface area contributed by atoms with E-state index in [1.165, 1.54) is 7.11 Å². The summed E-state index contributed by atoms with van der Waals surface area (Å²) in [5.74, 6) is -0.347. The van der Waals surface area contributed by atoms with Gasteiger partial charge in [-0.3, -0.25) is 0 Å². The van der Waals surface area contributed by atoms with Crippen molar-refractivity contribution in [1.29, 1.82) is 0 Å². The zero-order chi connectivity index (χ0) is 9.44. The predicted molar refractivity (Wildman–Crippen MR) is 46.8 cm³/mol. The molecule has 0 saturated carbocycles. The number of methoxy groups -OCH3 is 1. The van der Waals surface area contributed by atoms with Crippen LogP contribution < -0.4 is 0 Å². The molecule has 0 heterocycles. The van der Waals surface area contributed by atoms with Crippen molar-refractivity contribution in [3.05, 3.63) is 12.2 Å². The number of ether oxygens (including phenoxy) is 1. The van der Waals surface area contributed by atoms with Crippen molar-refractivity contribution in [1.82, 2.24) is 0 Å². The second-order valence-corrected chi connectivity index (χ2v) is 3.50. The van der Waals surface area contributed by atoms with Crippen molar-refractivity contribution in [2.24, 2.45) is 0 Å². The summed E-state index contributed by atoms with van der Waals surface area (Å²) in [6.07, 6.45) is 3.28. The van der Waals surface area contributed by atoms with Gasteiger partial charge in [-0.05, 0) is 6.92 Å². The predicted octanol–water partition coefficient (Wildman–Crippen LogP) is 0.730. The fourth-order valence-corrected chi connectivity index (χ4v) is 0.174. The maximum atomic E-state index is 10.2. The minimum atomic E-state index is -0.611. The molecule has 0 aromatic rings. The van der Waals surface area contributed by atoms with Crippen molar-refractivity contribution >= 4 is 17.1 Å². The van der Waals surface area contributed by atoms with Gasteiger partial charge in [0.1, 0.15) is 0 Å². The van der Waals surface area contributed by atoms with Crippen LogP contribution in [0.1, 0.15) is 6.92 Å². The molecule has 0 aliphatic rings. The highest BCUT2D eigenvalue weighted by Gasteiger charge is 1.95. The van der Waals surface area contributed by atoms with Crippen LogP contribution in [0.3, 0.4) is 0 Å². The molecule has 0 spiro atoms. The summed E-state index contributed by atoms with van der Waals surface area (Å²) in [6, 6.07) is 0. The Bertz CT molecular complexity index is 129. The van der Waals surface area contributed by atoms with Crippen molar-refractivity contribution in [2.75, 3.05) is 19.6 Å². The SMILES string of the molecule is C=C(C)C(=O)OC.C[S+](C)[O-]. The standard InChI is InChI=1S/C5H8O2.C2H6OS/c1-4(2)5(6)7-3;1-4(2)3/h1H2,2-3H3;1-2H3. The van der Waals surface area contributed by atoms with Crippen LogP contribution >= 0.6 is 0 Å². The number of esters is 1. The summed E-state index contributed by atoms with van der Waals surface area (Å²) in [4.78, 5) is 10.2.